The normalized spacial score (nSPS) is 20.8. The predicted octanol–water partition coefficient (Wildman–Crippen LogP) is 4.90. The molecule has 124 valence electrons. The van der Waals surface area contributed by atoms with Gasteiger partial charge in [-0.2, -0.15) is 5.10 Å². The molecule has 5 heteroatoms. The lowest BCUT2D eigenvalue weighted by molar-refractivity contribution is 0.498. The molecule has 1 aliphatic heterocycles. The second-order valence-electron chi connectivity index (χ2n) is 6.40. The summed E-state index contributed by atoms with van der Waals surface area (Å²) in [7, 11) is 0. The van der Waals surface area contributed by atoms with Crippen molar-refractivity contribution in [2.24, 2.45) is 0 Å². The standard InChI is InChI=1S/C19H20ClN3S/c1-13-7-15(10-21-13)23-19-9-16(8-18(20)17(19)11-22-23)24-12-14-5-3-2-4-6-14/h2-6,8-9,11,13,15,21H,7,10,12H2,1H3/t13-,15-/m1/s1. The Morgan fingerprint density at radius 3 is 2.88 bits per heavy atom. The van der Waals surface area contributed by atoms with Crippen LogP contribution in [0, 0.1) is 0 Å². The molecule has 1 aromatic heterocycles. The first-order valence-corrected chi connectivity index (χ1v) is 9.64. The van der Waals surface area contributed by atoms with E-state index in [1.807, 2.05) is 24.0 Å². The highest BCUT2D eigenvalue weighted by Crippen LogP contribution is 2.34. The van der Waals surface area contributed by atoms with Crippen molar-refractivity contribution in [1.82, 2.24) is 15.1 Å². The van der Waals surface area contributed by atoms with E-state index in [1.165, 1.54) is 10.5 Å². The van der Waals surface area contributed by atoms with Crippen LogP contribution < -0.4 is 5.32 Å². The van der Waals surface area contributed by atoms with Crippen molar-refractivity contribution in [2.75, 3.05) is 6.54 Å². The number of hydrogen-bond acceptors (Lipinski definition) is 3. The molecule has 0 unspecified atom stereocenters. The highest BCUT2D eigenvalue weighted by Gasteiger charge is 2.24. The van der Waals surface area contributed by atoms with Crippen LogP contribution in [0.15, 0.2) is 53.6 Å². The minimum Gasteiger partial charge on any atom is -0.312 e. The Hall–Kier alpha value is -1.49. The minimum atomic E-state index is 0.406. The highest BCUT2D eigenvalue weighted by atomic mass is 35.5. The van der Waals surface area contributed by atoms with E-state index in [-0.39, 0.29) is 0 Å². The minimum absolute atomic E-state index is 0.406. The second-order valence-corrected chi connectivity index (χ2v) is 7.86. The fourth-order valence-electron chi connectivity index (χ4n) is 3.29. The lowest BCUT2D eigenvalue weighted by atomic mass is 10.2. The summed E-state index contributed by atoms with van der Waals surface area (Å²) in [6.07, 6.45) is 3.00. The van der Waals surface area contributed by atoms with Crippen LogP contribution in [0.25, 0.3) is 10.9 Å². The van der Waals surface area contributed by atoms with Gasteiger partial charge in [-0.15, -0.1) is 11.8 Å². The van der Waals surface area contributed by atoms with Gasteiger partial charge in [-0.05, 0) is 31.0 Å². The lowest BCUT2D eigenvalue weighted by Gasteiger charge is -2.12. The number of thioether (sulfide) groups is 1. The van der Waals surface area contributed by atoms with E-state index < -0.39 is 0 Å². The van der Waals surface area contributed by atoms with E-state index >= 15 is 0 Å². The zero-order valence-electron chi connectivity index (χ0n) is 13.6. The van der Waals surface area contributed by atoms with Crippen molar-refractivity contribution in [2.45, 2.75) is 36.1 Å². The van der Waals surface area contributed by atoms with Crippen molar-refractivity contribution in [3.63, 3.8) is 0 Å². The highest BCUT2D eigenvalue weighted by molar-refractivity contribution is 7.98. The van der Waals surface area contributed by atoms with Crippen LogP contribution in [-0.4, -0.2) is 22.4 Å². The molecule has 24 heavy (non-hydrogen) atoms. The van der Waals surface area contributed by atoms with Gasteiger partial charge in [-0.25, -0.2) is 0 Å². The molecule has 1 fully saturated rings. The van der Waals surface area contributed by atoms with E-state index in [2.05, 4.69) is 58.4 Å². The summed E-state index contributed by atoms with van der Waals surface area (Å²) in [4.78, 5) is 1.19. The predicted molar refractivity (Wildman–Crippen MR) is 102 cm³/mol. The average molecular weight is 358 g/mol. The molecule has 0 spiro atoms. The van der Waals surface area contributed by atoms with Gasteiger partial charge < -0.3 is 5.32 Å². The number of rotatable bonds is 4. The first-order valence-electron chi connectivity index (χ1n) is 8.27. The van der Waals surface area contributed by atoms with Gasteiger partial charge >= 0.3 is 0 Å². The van der Waals surface area contributed by atoms with E-state index in [9.17, 15) is 0 Å². The molecule has 2 heterocycles. The van der Waals surface area contributed by atoms with E-state index in [0.717, 1.165) is 34.6 Å². The van der Waals surface area contributed by atoms with E-state index in [1.54, 1.807) is 0 Å². The topological polar surface area (TPSA) is 29.9 Å². The first kappa shape index (κ1) is 16.0. The maximum Gasteiger partial charge on any atom is 0.0712 e. The number of aromatic nitrogens is 2. The van der Waals surface area contributed by atoms with Crippen LogP contribution in [0.2, 0.25) is 5.02 Å². The number of halogens is 1. The summed E-state index contributed by atoms with van der Waals surface area (Å²) in [6, 6.07) is 15.7. The molecule has 0 bridgehead atoms. The van der Waals surface area contributed by atoms with E-state index in [0.29, 0.717) is 12.1 Å². The second kappa shape index (κ2) is 6.79. The summed E-state index contributed by atoms with van der Waals surface area (Å²) < 4.78 is 2.14. The van der Waals surface area contributed by atoms with Crippen LogP contribution in [0.5, 0.6) is 0 Å². The van der Waals surface area contributed by atoms with Crippen LogP contribution in [0.3, 0.4) is 0 Å². The number of nitrogens with one attached hydrogen (secondary N) is 1. The molecule has 3 nitrogen and oxygen atoms in total. The van der Waals surface area contributed by atoms with Crippen molar-refractivity contribution < 1.29 is 0 Å². The Balaban J connectivity index is 1.62. The van der Waals surface area contributed by atoms with Crippen molar-refractivity contribution in [3.8, 4) is 0 Å². The van der Waals surface area contributed by atoms with Crippen LogP contribution >= 0.6 is 23.4 Å². The third kappa shape index (κ3) is 3.18. The molecule has 1 N–H and O–H groups in total. The molecule has 0 radical (unpaired) electrons. The Labute approximate surface area is 151 Å². The number of fused-ring (bicyclic) bond motifs is 1. The van der Waals surface area contributed by atoms with Crippen molar-refractivity contribution in [3.05, 3.63) is 59.2 Å². The number of hydrogen-bond donors (Lipinski definition) is 1. The SMILES string of the molecule is C[C@@H]1C[C@@H](n2ncc3c(Cl)cc(SCc4ccccc4)cc32)CN1. The molecular weight excluding hydrogens is 338 g/mol. The van der Waals surface area contributed by atoms with Gasteiger partial charge in [-0.1, -0.05) is 41.9 Å². The zero-order chi connectivity index (χ0) is 16.5. The first-order chi connectivity index (χ1) is 11.7. The number of benzene rings is 2. The monoisotopic (exact) mass is 357 g/mol. The van der Waals surface area contributed by atoms with Gasteiger partial charge in [0.25, 0.3) is 0 Å². The van der Waals surface area contributed by atoms with Crippen molar-refractivity contribution in [1.29, 1.82) is 0 Å². The van der Waals surface area contributed by atoms with Gasteiger partial charge in [0.15, 0.2) is 0 Å². The summed E-state index contributed by atoms with van der Waals surface area (Å²) in [5.41, 5.74) is 2.46. The third-order valence-corrected chi connectivity index (χ3v) is 5.92. The van der Waals surface area contributed by atoms with Crippen LogP contribution in [0.4, 0.5) is 0 Å². The molecule has 3 aromatic rings. The third-order valence-electron chi connectivity index (χ3n) is 4.56. The molecular formula is C19H20ClN3S. The zero-order valence-corrected chi connectivity index (χ0v) is 15.1. The van der Waals surface area contributed by atoms with Gasteiger partial charge in [-0.3, -0.25) is 4.68 Å². The quantitative estimate of drug-likeness (QED) is 0.673. The summed E-state index contributed by atoms with van der Waals surface area (Å²) >= 11 is 8.33. The van der Waals surface area contributed by atoms with Crippen molar-refractivity contribution >= 4 is 34.3 Å². The molecule has 1 saturated heterocycles. The smallest absolute Gasteiger partial charge is 0.0712 e. The Morgan fingerprint density at radius 1 is 1.29 bits per heavy atom. The fourth-order valence-corrected chi connectivity index (χ4v) is 4.54. The Kier molecular flexibility index (Phi) is 4.53. The molecule has 0 amide bonds. The molecule has 2 atom stereocenters. The van der Waals surface area contributed by atoms with Crippen LogP contribution in [-0.2, 0) is 5.75 Å². The maximum atomic E-state index is 6.51. The number of nitrogens with zero attached hydrogens (tertiary/aromatic N) is 2. The average Bonchev–Trinajstić information content (AvgIpc) is 3.20. The largest absolute Gasteiger partial charge is 0.312 e. The van der Waals surface area contributed by atoms with Gasteiger partial charge in [0.1, 0.15) is 0 Å². The summed E-state index contributed by atoms with van der Waals surface area (Å²) in [5, 5.41) is 9.94. The summed E-state index contributed by atoms with van der Waals surface area (Å²) in [6.45, 7) is 3.19. The Bertz CT molecular complexity index is 846. The molecule has 0 saturated carbocycles. The van der Waals surface area contributed by atoms with Gasteiger partial charge in [0.2, 0.25) is 0 Å². The molecule has 4 rings (SSSR count). The molecule has 1 aliphatic rings. The summed E-state index contributed by atoms with van der Waals surface area (Å²) in [5.74, 6) is 0.943. The van der Waals surface area contributed by atoms with Gasteiger partial charge in [0, 0.05) is 28.6 Å². The maximum absolute atomic E-state index is 6.51. The molecule has 2 aromatic carbocycles. The molecule has 0 aliphatic carbocycles. The van der Waals surface area contributed by atoms with Crippen LogP contribution in [0.1, 0.15) is 24.9 Å². The fraction of sp³-hybridized carbons (Fsp3) is 0.316. The Morgan fingerprint density at radius 2 is 2.12 bits per heavy atom. The van der Waals surface area contributed by atoms with Gasteiger partial charge in [0.05, 0.1) is 22.8 Å². The van der Waals surface area contributed by atoms with E-state index in [4.69, 9.17) is 11.6 Å². The lowest BCUT2D eigenvalue weighted by Crippen LogP contribution is -2.17.